The Balaban J connectivity index is 2.11. The molecule has 2 atom stereocenters. The number of amides is 1. The third-order valence-corrected chi connectivity index (χ3v) is 5.29. The summed E-state index contributed by atoms with van der Waals surface area (Å²) in [6.07, 6.45) is 4.85. The number of allylic oxidation sites excluding steroid dienone is 3. The number of rotatable bonds is 13. The van der Waals surface area contributed by atoms with Crippen LogP contribution in [0, 0.1) is 17.6 Å². The van der Waals surface area contributed by atoms with Gasteiger partial charge in [0, 0.05) is 12.1 Å². The quantitative estimate of drug-likeness (QED) is 0.189. The van der Waals surface area contributed by atoms with E-state index in [4.69, 9.17) is 19.3 Å². The fourth-order valence-corrected chi connectivity index (χ4v) is 3.47. The van der Waals surface area contributed by atoms with Gasteiger partial charge in [0.05, 0.1) is 18.9 Å². The summed E-state index contributed by atoms with van der Waals surface area (Å²) in [5, 5.41) is 11.3. The van der Waals surface area contributed by atoms with E-state index in [-0.39, 0.29) is 24.8 Å². The first kappa shape index (κ1) is 29.5. The van der Waals surface area contributed by atoms with Crippen molar-refractivity contribution in [3.8, 4) is 5.75 Å². The number of carbonyl (C=O) groups is 2. The molecule has 2 rings (SSSR count). The van der Waals surface area contributed by atoms with E-state index in [9.17, 15) is 18.4 Å². The van der Waals surface area contributed by atoms with Crippen molar-refractivity contribution < 1.29 is 37.7 Å². The molecule has 0 aliphatic carbocycles. The molecule has 0 saturated heterocycles. The Labute approximate surface area is 215 Å². The summed E-state index contributed by atoms with van der Waals surface area (Å²) in [5.41, 5.74) is 1.25. The second-order valence-electron chi connectivity index (χ2n) is 8.31. The lowest BCUT2D eigenvalue weighted by molar-refractivity contribution is -0.137. The van der Waals surface area contributed by atoms with E-state index in [1.54, 1.807) is 38.1 Å². The lowest BCUT2D eigenvalue weighted by Crippen LogP contribution is -2.22. The molecular formula is C28H33F2NO6. The summed E-state index contributed by atoms with van der Waals surface area (Å²) in [4.78, 5) is 24.2. The maximum absolute atomic E-state index is 14.0. The molecule has 2 aromatic carbocycles. The highest BCUT2D eigenvalue weighted by Gasteiger charge is 2.24. The molecule has 0 bridgehead atoms. The summed E-state index contributed by atoms with van der Waals surface area (Å²) in [6.45, 7) is 5.79. The maximum atomic E-state index is 14.0. The predicted octanol–water partition coefficient (Wildman–Crippen LogP) is 6.11. The van der Waals surface area contributed by atoms with E-state index < -0.39 is 29.8 Å². The van der Waals surface area contributed by atoms with Gasteiger partial charge < -0.3 is 19.3 Å². The van der Waals surface area contributed by atoms with E-state index in [1.165, 1.54) is 6.08 Å². The Kier molecular flexibility index (Phi) is 12.3. The average molecular weight is 518 g/mol. The van der Waals surface area contributed by atoms with Gasteiger partial charge >= 0.3 is 12.1 Å². The van der Waals surface area contributed by atoms with Crippen molar-refractivity contribution >= 4 is 17.7 Å². The van der Waals surface area contributed by atoms with Gasteiger partial charge in [-0.3, -0.25) is 5.32 Å². The van der Waals surface area contributed by atoms with E-state index >= 15 is 0 Å². The van der Waals surface area contributed by atoms with E-state index in [0.717, 1.165) is 17.7 Å². The van der Waals surface area contributed by atoms with Crippen molar-refractivity contribution in [2.24, 2.45) is 5.92 Å². The number of aliphatic hydroxyl groups excluding tert-OH is 1. The number of esters is 1. The van der Waals surface area contributed by atoms with Crippen LogP contribution >= 0.6 is 0 Å². The van der Waals surface area contributed by atoms with E-state index in [2.05, 4.69) is 5.32 Å². The molecule has 0 saturated carbocycles. The molecule has 0 spiro atoms. The molecule has 0 unspecified atom stereocenters. The Morgan fingerprint density at radius 1 is 1.14 bits per heavy atom. The summed E-state index contributed by atoms with van der Waals surface area (Å²) in [7, 11) is 0. The SMILES string of the molecule is CCOC(=O)/C=C(C)/C=C/CC[C@@H](C)[C@H](OC(=O)Nc1ccc(F)cc1F)c1ccc(OCCO)cc1. The molecule has 1 amide bonds. The van der Waals surface area contributed by atoms with Gasteiger partial charge in [0.15, 0.2) is 0 Å². The van der Waals surface area contributed by atoms with Crippen LogP contribution in [0.2, 0.25) is 0 Å². The smallest absolute Gasteiger partial charge is 0.412 e. The minimum atomic E-state index is -0.914. The van der Waals surface area contributed by atoms with Crippen molar-refractivity contribution in [2.45, 2.75) is 39.7 Å². The first-order valence-corrected chi connectivity index (χ1v) is 12.0. The zero-order valence-electron chi connectivity index (χ0n) is 21.2. The molecule has 2 aromatic rings. The molecule has 0 aliphatic heterocycles. The van der Waals surface area contributed by atoms with Crippen LogP contribution in [0.4, 0.5) is 19.3 Å². The van der Waals surface area contributed by atoms with Gasteiger partial charge in [-0.1, -0.05) is 31.2 Å². The summed E-state index contributed by atoms with van der Waals surface area (Å²) >= 11 is 0. The Hall–Kier alpha value is -3.72. The van der Waals surface area contributed by atoms with Crippen molar-refractivity contribution in [3.05, 3.63) is 83.5 Å². The van der Waals surface area contributed by atoms with Crippen LogP contribution < -0.4 is 10.1 Å². The van der Waals surface area contributed by atoms with Crippen LogP contribution in [0.25, 0.3) is 0 Å². The van der Waals surface area contributed by atoms with Crippen LogP contribution in [0.15, 0.2) is 66.3 Å². The highest BCUT2D eigenvalue weighted by atomic mass is 19.1. The number of benzene rings is 2. The van der Waals surface area contributed by atoms with Crippen molar-refractivity contribution in [2.75, 3.05) is 25.1 Å². The van der Waals surface area contributed by atoms with Gasteiger partial charge in [-0.15, -0.1) is 0 Å². The highest BCUT2D eigenvalue weighted by Crippen LogP contribution is 2.31. The van der Waals surface area contributed by atoms with Crippen LogP contribution in [0.3, 0.4) is 0 Å². The lowest BCUT2D eigenvalue weighted by atomic mass is 9.93. The van der Waals surface area contributed by atoms with Crippen LogP contribution in [-0.4, -0.2) is 37.0 Å². The van der Waals surface area contributed by atoms with Gasteiger partial charge in [-0.2, -0.15) is 0 Å². The molecule has 0 aromatic heterocycles. The minimum absolute atomic E-state index is 0.118. The number of ether oxygens (including phenoxy) is 3. The predicted molar refractivity (Wildman–Crippen MR) is 136 cm³/mol. The summed E-state index contributed by atoms with van der Waals surface area (Å²) in [6, 6.07) is 9.74. The molecule has 0 fully saturated rings. The highest BCUT2D eigenvalue weighted by molar-refractivity contribution is 5.85. The number of hydrogen-bond donors (Lipinski definition) is 2. The number of nitrogens with one attached hydrogen (secondary N) is 1. The zero-order valence-corrected chi connectivity index (χ0v) is 21.2. The second kappa shape index (κ2) is 15.4. The molecule has 0 radical (unpaired) electrons. The van der Waals surface area contributed by atoms with Gasteiger partial charge in [0.2, 0.25) is 0 Å². The average Bonchev–Trinajstić information content (AvgIpc) is 2.86. The molecule has 7 nitrogen and oxygen atoms in total. The number of halogens is 2. The van der Waals surface area contributed by atoms with Crippen molar-refractivity contribution in [1.29, 1.82) is 0 Å². The van der Waals surface area contributed by atoms with Crippen LogP contribution in [-0.2, 0) is 14.3 Å². The maximum Gasteiger partial charge on any atom is 0.412 e. The minimum Gasteiger partial charge on any atom is -0.491 e. The lowest BCUT2D eigenvalue weighted by Gasteiger charge is -2.25. The largest absolute Gasteiger partial charge is 0.491 e. The number of anilines is 1. The summed E-state index contributed by atoms with van der Waals surface area (Å²) < 4.78 is 43.1. The molecular weight excluding hydrogens is 484 g/mol. The van der Waals surface area contributed by atoms with Crippen molar-refractivity contribution in [1.82, 2.24) is 0 Å². The van der Waals surface area contributed by atoms with Gasteiger partial charge in [-0.05, 0) is 68.0 Å². The Bertz CT molecular complexity index is 1080. The number of aliphatic hydroxyl groups is 1. The van der Waals surface area contributed by atoms with Crippen LogP contribution in [0.5, 0.6) is 5.75 Å². The third-order valence-electron chi connectivity index (χ3n) is 5.29. The first-order valence-electron chi connectivity index (χ1n) is 12.0. The van der Waals surface area contributed by atoms with Gasteiger partial charge in [-0.25, -0.2) is 18.4 Å². The van der Waals surface area contributed by atoms with Crippen LogP contribution in [0.1, 0.15) is 45.3 Å². The number of hydrogen-bond acceptors (Lipinski definition) is 6. The van der Waals surface area contributed by atoms with Crippen molar-refractivity contribution in [3.63, 3.8) is 0 Å². The zero-order chi connectivity index (χ0) is 27.2. The topological polar surface area (TPSA) is 94.1 Å². The molecule has 37 heavy (non-hydrogen) atoms. The molecule has 9 heteroatoms. The Morgan fingerprint density at radius 2 is 1.86 bits per heavy atom. The standard InChI is InChI=1S/C28H33F2NO6/c1-4-35-26(33)17-19(2)7-5-6-8-20(3)27(21-9-12-23(13-10-21)36-16-15-32)37-28(34)31-25-14-11-22(29)18-24(25)30/h5,7,9-14,17-18,20,27,32H,4,6,8,15-16H2,1-3H3,(H,31,34)/b7-5+,19-17+/t20-,27+/m1/s1. The first-order chi connectivity index (χ1) is 17.7. The van der Waals surface area contributed by atoms with Gasteiger partial charge in [0.25, 0.3) is 0 Å². The van der Waals surface area contributed by atoms with E-state index in [1.807, 2.05) is 19.1 Å². The van der Waals surface area contributed by atoms with E-state index in [0.29, 0.717) is 36.8 Å². The monoisotopic (exact) mass is 517 g/mol. The third kappa shape index (κ3) is 10.4. The van der Waals surface area contributed by atoms with Gasteiger partial charge in [0.1, 0.15) is 30.1 Å². The molecule has 200 valence electrons. The fraction of sp³-hybridized carbons (Fsp3) is 0.357. The molecule has 2 N–H and O–H groups in total. The summed E-state index contributed by atoms with van der Waals surface area (Å²) in [5.74, 6) is -1.67. The second-order valence-corrected chi connectivity index (χ2v) is 8.31. The molecule has 0 heterocycles. The fourth-order valence-electron chi connectivity index (χ4n) is 3.47. The number of carbonyl (C=O) groups excluding carboxylic acids is 2. The molecule has 0 aliphatic rings. The Morgan fingerprint density at radius 3 is 2.51 bits per heavy atom. The normalized spacial score (nSPS) is 13.2.